The monoisotopic (exact) mass is 219 g/mol. The van der Waals surface area contributed by atoms with Gasteiger partial charge in [-0.15, -0.1) is 0 Å². The first kappa shape index (κ1) is 12.0. The summed E-state index contributed by atoms with van der Waals surface area (Å²) in [7, 11) is -2.77. The van der Waals surface area contributed by atoms with Crippen LogP contribution < -0.4 is 5.32 Å². The molecule has 0 radical (unpaired) electrons. The van der Waals surface area contributed by atoms with Gasteiger partial charge in [0.05, 0.1) is 0 Å². The number of hydrogen-bond acceptors (Lipinski definition) is 3. The fraction of sp³-hybridized carbons (Fsp3) is 1.00. The molecule has 14 heavy (non-hydrogen) atoms. The van der Waals surface area contributed by atoms with Crippen molar-refractivity contribution in [3.8, 4) is 0 Å². The lowest BCUT2D eigenvalue weighted by Crippen LogP contribution is -2.37. The molecule has 1 heterocycles. The first-order valence-electron chi connectivity index (χ1n) is 5.38. The van der Waals surface area contributed by atoms with E-state index in [2.05, 4.69) is 12.2 Å². The van der Waals surface area contributed by atoms with Crippen LogP contribution in [0.1, 0.15) is 32.6 Å². The van der Waals surface area contributed by atoms with Crippen LogP contribution in [0.3, 0.4) is 0 Å². The second-order valence-electron chi connectivity index (χ2n) is 4.55. The van der Waals surface area contributed by atoms with Crippen molar-refractivity contribution < 1.29 is 8.42 Å². The van der Waals surface area contributed by atoms with Crippen molar-refractivity contribution in [3.63, 3.8) is 0 Å². The van der Waals surface area contributed by atoms with Crippen LogP contribution in [0.15, 0.2) is 0 Å². The Hall–Kier alpha value is -0.0900. The number of sulfone groups is 1. The minimum absolute atomic E-state index is 0.333. The van der Waals surface area contributed by atoms with Crippen molar-refractivity contribution in [3.05, 3.63) is 0 Å². The Balaban J connectivity index is 2.18. The highest BCUT2D eigenvalue weighted by Crippen LogP contribution is 2.18. The Morgan fingerprint density at radius 1 is 1.43 bits per heavy atom. The SMILES string of the molecule is CC1CCNC(CCCS(C)(=O)=O)C1. The molecule has 0 aromatic heterocycles. The summed E-state index contributed by atoms with van der Waals surface area (Å²) in [5.41, 5.74) is 0. The molecule has 0 spiro atoms. The van der Waals surface area contributed by atoms with E-state index in [1.165, 1.54) is 19.1 Å². The second kappa shape index (κ2) is 5.12. The van der Waals surface area contributed by atoms with Crippen LogP contribution in [0.25, 0.3) is 0 Å². The highest BCUT2D eigenvalue weighted by molar-refractivity contribution is 7.90. The summed E-state index contributed by atoms with van der Waals surface area (Å²) in [5.74, 6) is 1.12. The minimum atomic E-state index is -2.77. The molecule has 1 saturated heterocycles. The van der Waals surface area contributed by atoms with Gasteiger partial charge in [-0.05, 0) is 38.1 Å². The number of rotatable bonds is 4. The Labute approximate surface area is 87.2 Å². The van der Waals surface area contributed by atoms with Crippen LogP contribution in [0.2, 0.25) is 0 Å². The zero-order valence-corrected chi connectivity index (χ0v) is 9.94. The lowest BCUT2D eigenvalue weighted by molar-refractivity contribution is 0.307. The Bertz CT molecular complexity index is 261. The maximum atomic E-state index is 10.9. The van der Waals surface area contributed by atoms with Crippen molar-refractivity contribution >= 4 is 9.84 Å². The molecule has 0 bridgehead atoms. The van der Waals surface area contributed by atoms with E-state index in [1.54, 1.807) is 0 Å². The van der Waals surface area contributed by atoms with Crippen molar-refractivity contribution in [1.29, 1.82) is 0 Å². The first-order chi connectivity index (χ1) is 6.47. The normalized spacial score (nSPS) is 29.0. The molecule has 0 aromatic carbocycles. The predicted octanol–water partition coefficient (Wildman–Crippen LogP) is 1.20. The molecule has 84 valence electrons. The topological polar surface area (TPSA) is 46.2 Å². The van der Waals surface area contributed by atoms with Gasteiger partial charge in [0.1, 0.15) is 9.84 Å². The van der Waals surface area contributed by atoms with Crippen molar-refractivity contribution in [1.82, 2.24) is 5.32 Å². The van der Waals surface area contributed by atoms with Gasteiger partial charge < -0.3 is 5.32 Å². The van der Waals surface area contributed by atoms with Crippen molar-refractivity contribution in [2.75, 3.05) is 18.6 Å². The fourth-order valence-electron chi connectivity index (χ4n) is 2.03. The van der Waals surface area contributed by atoms with Gasteiger partial charge in [-0.1, -0.05) is 6.92 Å². The molecular weight excluding hydrogens is 198 g/mol. The van der Waals surface area contributed by atoms with Crippen LogP contribution in [0.4, 0.5) is 0 Å². The zero-order valence-electron chi connectivity index (χ0n) is 9.12. The van der Waals surface area contributed by atoms with E-state index in [4.69, 9.17) is 0 Å². The number of piperidine rings is 1. The van der Waals surface area contributed by atoms with E-state index in [0.717, 1.165) is 25.3 Å². The van der Waals surface area contributed by atoms with Gasteiger partial charge >= 0.3 is 0 Å². The van der Waals surface area contributed by atoms with E-state index in [-0.39, 0.29) is 0 Å². The molecule has 1 N–H and O–H groups in total. The Morgan fingerprint density at radius 2 is 2.14 bits per heavy atom. The molecule has 0 saturated carbocycles. The van der Waals surface area contributed by atoms with Crippen LogP contribution >= 0.6 is 0 Å². The molecule has 0 aliphatic carbocycles. The highest BCUT2D eigenvalue weighted by atomic mass is 32.2. The molecule has 0 amide bonds. The van der Waals surface area contributed by atoms with E-state index in [1.807, 2.05) is 0 Å². The summed E-state index contributed by atoms with van der Waals surface area (Å²) in [6.45, 7) is 3.36. The smallest absolute Gasteiger partial charge is 0.147 e. The third-order valence-electron chi connectivity index (χ3n) is 2.82. The number of nitrogens with one attached hydrogen (secondary N) is 1. The quantitative estimate of drug-likeness (QED) is 0.773. The fourth-order valence-corrected chi connectivity index (χ4v) is 2.72. The molecule has 3 nitrogen and oxygen atoms in total. The Morgan fingerprint density at radius 3 is 2.71 bits per heavy atom. The lowest BCUT2D eigenvalue weighted by Gasteiger charge is -2.28. The molecule has 2 unspecified atom stereocenters. The largest absolute Gasteiger partial charge is 0.314 e. The summed E-state index contributed by atoms with van der Waals surface area (Å²) in [6, 6.07) is 0.542. The molecule has 1 aliphatic rings. The standard InChI is InChI=1S/C10H21NO2S/c1-9-5-6-11-10(8-9)4-3-7-14(2,12)13/h9-11H,3-8H2,1-2H3. The van der Waals surface area contributed by atoms with Gasteiger partial charge in [0.25, 0.3) is 0 Å². The zero-order chi connectivity index (χ0) is 10.6. The molecule has 1 fully saturated rings. The maximum Gasteiger partial charge on any atom is 0.147 e. The second-order valence-corrected chi connectivity index (χ2v) is 6.81. The predicted molar refractivity (Wildman–Crippen MR) is 59.1 cm³/mol. The van der Waals surface area contributed by atoms with Crippen LogP contribution in [0, 0.1) is 5.92 Å². The molecule has 0 aromatic rings. The third-order valence-corrected chi connectivity index (χ3v) is 3.86. The van der Waals surface area contributed by atoms with Crippen molar-refractivity contribution in [2.24, 2.45) is 5.92 Å². The van der Waals surface area contributed by atoms with Gasteiger partial charge in [0, 0.05) is 18.1 Å². The van der Waals surface area contributed by atoms with Gasteiger partial charge in [-0.2, -0.15) is 0 Å². The Kier molecular flexibility index (Phi) is 4.38. The minimum Gasteiger partial charge on any atom is -0.314 e. The summed E-state index contributed by atoms with van der Waals surface area (Å²) in [5, 5.41) is 3.44. The lowest BCUT2D eigenvalue weighted by atomic mass is 9.92. The van der Waals surface area contributed by atoms with Crippen LogP contribution in [0.5, 0.6) is 0 Å². The van der Waals surface area contributed by atoms with Gasteiger partial charge in [-0.3, -0.25) is 0 Å². The summed E-state index contributed by atoms with van der Waals surface area (Å²) in [6.07, 6.45) is 5.55. The van der Waals surface area contributed by atoms with Crippen LogP contribution in [-0.2, 0) is 9.84 Å². The molecule has 1 aliphatic heterocycles. The molecular formula is C10H21NO2S. The maximum absolute atomic E-state index is 10.9. The van der Waals surface area contributed by atoms with Gasteiger partial charge in [0.2, 0.25) is 0 Å². The van der Waals surface area contributed by atoms with Gasteiger partial charge in [-0.25, -0.2) is 8.42 Å². The molecule has 1 rings (SSSR count). The van der Waals surface area contributed by atoms with Gasteiger partial charge in [0.15, 0.2) is 0 Å². The van der Waals surface area contributed by atoms with Crippen molar-refractivity contribution in [2.45, 2.75) is 38.6 Å². The summed E-state index contributed by atoms with van der Waals surface area (Å²) in [4.78, 5) is 0. The van der Waals surface area contributed by atoms with E-state index in [9.17, 15) is 8.42 Å². The highest BCUT2D eigenvalue weighted by Gasteiger charge is 2.17. The van der Waals surface area contributed by atoms with E-state index in [0.29, 0.717) is 11.8 Å². The molecule has 4 heteroatoms. The first-order valence-corrected chi connectivity index (χ1v) is 7.44. The third kappa shape index (κ3) is 4.96. The summed E-state index contributed by atoms with van der Waals surface area (Å²) < 4.78 is 21.8. The average Bonchev–Trinajstić information content (AvgIpc) is 2.01. The van der Waals surface area contributed by atoms with Crippen LogP contribution in [-0.4, -0.2) is 33.0 Å². The van der Waals surface area contributed by atoms with E-state index < -0.39 is 9.84 Å². The summed E-state index contributed by atoms with van der Waals surface area (Å²) >= 11 is 0. The number of hydrogen-bond donors (Lipinski definition) is 1. The average molecular weight is 219 g/mol. The van der Waals surface area contributed by atoms with E-state index >= 15 is 0 Å². The molecule has 2 atom stereocenters.